The van der Waals surface area contributed by atoms with Crippen molar-refractivity contribution in [1.29, 1.82) is 0 Å². The van der Waals surface area contributed by atoms with Crippen LogP contribution in [0.25, 0.3) is 0 Å². The summed E-state index contributed by atoms with van der Waals surface area (Å²) < 4.78 is 1.32. The monoisotopic (exact) mass is 274 g/mol. The van der Waals surface area contributed by atoms with Crippen molar-refractivity contribution in [3.63, 3.8) is 0 Å². The van der Waals surface area contributed by atoms with Crippen molar-refractivity contribution in [2.45, 2.75) is 0 Å². The number of rotatable bonds is 3. The van der Waals surface area contributed by atoms with E-state index >= 15 is 0 Å². The van der Waals surface area contributed by atoms with Gasteiger partial charge < -0.3 is 14.8 Å². The van der Waals surface area contributed by atoms with Crippen molar-refractivity contribution in [2.75, 3.05) is 24.3 Å². The van der Waals surface area contributed by atoms with Crippen molar-refractivity contribution in [3.8, 4) is 0 Å². The zero-order valence-corrected chi connectivity index (χ0v) is 11.4. The van der Waals surface area contributed by atoms with Gasteiger partial charge in [-0.05, 0) is 0 Å². The minimum Gasteiger partial charge on any atom is -0.361 e. The molecule has 0 saturated carbocycles. The Morgan fingerprint density at radius 3 is 2.60 bits per heavy atom. The first-order chi connectivity index (χ1) is 9.49. The van der Waals surface area contributed by atoms with Crippen LogP contribution in [0.15, 0.2) is 29.6 Å². The fourth-order valence-corrected chi connectivity index (χ4v) is 1.42. The molecule has 0 radical (unpaired) electrons. The maximum atomic E-state index is 11.9. The molecule has 0 fully saturated rings. The van der Waals surface area contributed by atoms with Crippen LogP contribution in [0.1, 0.15) is 10.5 Å². The van der Waals surface area contributed by atoms with Gasteiger partial charge in [-0.15, -0.1) is 0 Å². The Morgan fingerprint density at radius 1 is 1.25 bits per heavy atom. The highest BCUT2D eigenvalue weighted by atomic mass is 16.2. The molecule has 8 heteroatoms. The van der Waals surface area contributed by atoms with E-state index in [1.54, 1.807) is 11.9 Å². The third kappa shape index (κ3) is 2.79. The zero-order chi connectivity index (χ0) is 14.7. The van der Waals surface area contributed by atoms with E-state index in [-0.39, 0.29) is 11.5 Å². The highest BCUT2D eigenvalue weighted by Gasteiger charge is 2.12. The Balaban J connectivity index is 2.20. The molecule has 1 amide bonds. The molecule has 1 N–H and O–H groups in total. The maximum absolute atomic E-state index is 11.9. The first-order valence-electron chi connectivity index (χ1n) is 5.81. The van der Waals surface area contributed by atoms with Gasteiger partial charge in [0.15, 0.2) is 5.82 Å². The average molecular weight is 274 g/mol. The molecule has 0 spiro atoms. The number of amides is 1. The molecule has 0 atom stereocenters. The van der Waals surface area contributed by atoms with E-state index in [9.17, 15) is 9.59 Å². The molecule has 0 aromatic carbocycles. The molecule has 2 rings (SSSR count). The lowest BCUT2D eigenvalue weighted by atomic mass is 10.4. The summed E-state index contributed by atoms with van der Waals surface area (Å²) >= 11 is 0. The smallest absolute Gasteiger partial charge is 0.293 e. The van der Waals surface area contributed by atoms with E-state index in [1.807, 2.05) is 14.1 Å². The second-order valence-corrected chi connectivity index (χ2v) is 4.30. The minimum atomic E-state index is -0.529. The third-order valence-corrected chi connectivity index (χ3v) is 2.58. The van der Waals surface area contributed by atoms with Gasteiger partial charge in [-0.25, -0.2) is 15.0 Å². The van der Waals surface area contributed by atoms with E-state index in [4.69, 9.17) is 0 Å². The van der Waals surface area contributed by atoms with Crippen LogP contribution >= 0.6 is 0 Å². The van der Waals surface area contributed by atoms with Crippen LogP contribution in [0.3, 0.4) is 0 Å². The summed E-state index contributed by atoms with van der Waals surface area (Å²) in [5.74, 6) is 0.0624. The van der Waals surface area contributed by atoms with Crippen molar-refractivity contribution >= 4 is 17.5 Å². The Morgan fingerprint density at radius 2 is 2.00 bits per heavy atom. The Bertz CT molecular complexity index is 677. The van der Waals surface area contributed by atoms with Crippen LogP contribution in [0, 0.1) is 0 Å². The van der Waals surface area contributed by atoms with E-state index in [1.165, 1.54) is 29.4 Å². The predicted molar refractivity (Wildman–Crippen MR) is 73.8 cm³/mol. The summed E-state index contributed by atoms with van der Waals surface area (Å²) in [7, 11) is 5.22. The molecule has 2 aromatic rings. The van der Waals surface area contributed by atoms with Gasteiger partial charge in [0.25, 0.3) is 11.5 Å². The number of hydrogen-bond donors (Lipinski definition) is 1. The molecule has 0 bridgehead atoms. The number of nitrogens with one attached hydrogen (secondary N) is 1. The minimum absolute atomic E-state index is 0.0431. The molecule has 2 heterocycles. The molecule has 0 aliphatic rings. The van der Waals surface area contributed by atoms with Crippen LogP contribution in [-0.2, 0) is 7.05 Å². The number of carbonyl (C=O) groups excluding carboxylic acids is 1. The van der Waals surface area contributed by atoms with Gasteiger partial charge in [0.2, 0.25) is 0 Å². The van der Waals surface area contributed by atoms with Gasteiger partial charge in [-0.3, -0.25) is 9.59 Å². The number of aromatic nitrogens is 4. The molecule has 104 valence electrons. The highest BCUT2D eigenvalue weighted by molar-refractivity contribution is 6.02. The summed E-state index contributed by atoms with van der Waals surface area (Å²) in [6, 6.07) is 0. The van der Waals surface area contributed by atoms with Crippen molar-refractivity contribution in [3.05, 3.63) is 40.8 Å². The SMILES string of the molecule is CN(C)c1cnc(C(=O)Nc2nccn(C)c2=O)cn1. The molecule has 0 aliphatic carbocycles. The van der Waals surface area contributed by atoms with Gasteiger partial charge in [-0.2, -0.15) is 0 Å². The summed E-state index contributed by atoms with van der Waals surface area (Å²) in [5, 5.41) is 2.42. The van der Waals surface area contributed by atoms with Crippen LogP contribution < -0.4 is 15.8 Å². The molecular weight excluding hydrogens is 260 g/mol. The molecule has 2 aromatic heterocycles. The first kappa shape index (κ1) is 13.7. The fraction of sp³-hybridized carbons (Fsp3) is 0.250. The van der Waals surface area contributed by atoms with Gasteiger partial charge >= 0.3 is 0 Å². The number of anilines is 2. The summed E-state index contributed by atoms with van der Waals surface area (Å²) in [6.07, 6.45) is 5.75. The van der Waals surface area contributed by atoms with Gasteiger partial charge in [0, 0.05) is 33.5 Å². The predicted octanol–water partition coefficient (Wildman–Crippen LogP) is -0.111. The van der Waals surface area contributed by atoms with E-state index < -0.39 is 11.5 Å². The molecule has 0 saturated heterocycles. The number of aryl methyl sites for hydroxylation is 1. The Kier molecular flexibility index (Phi) is 3.74. The number of hydrogen-bond acceptors (Lipinski definition) is 6. The van der Waals surface area contributed by atoms with Crippen LogP contribution in [-0.4, -0.2) is 39.5 Å². The summed E-state index contributed by atoms with van der Waals surface area (Å²) in [4.78, 5) is 37.3. The summed E-state index contributed by atoms with van der Waals surface area (Å²) in [5.41, 5.74) is -0.276. The normalized spacial score (nSPS) is 10.2. The van der Waals surface area contributed by atoms with Crippen LogP contribution in [0.4, 0.5) is 11.6 Å². The Labute approximate surface area is 115 Å². The van der Waals surface area contributed by atoms with Gasteiger partial charge in [0.05, 0.1) is 12.4 Å². The lowest BCUT2D eigenvalue weighted by molar-refractivity contribution is 0.102. The maximum Gasteiger partial charge on any atom is 0.293 e. The lowest BCUT2D eigenvalue weighted by Gasteiger charge is -2.10. The lowest BCUT2D eigenvalue weighted by Crippen LogP contribution is -2.25. The molecule has 20 heavy (non-hydrogen) atoms. The summed E-state index contributed by atoms with van der Waals surface area (Å²) in [6.45, 7) is 0. The fourth-order valence-electron chi connectivity index (χ4n) is 1.42. The van der Waals surface area contributed by atoms with Crippen molar-refractivity contribution < 1.29 is 4.79 Å². The average Bonchev–Trinajstić information content (AvgIpc) is 2.44. The molecule has 8 nitrogen and oxygen atoms in total. The highest BCUT2D eigenvalue weighted by Crippen LogP contribution is 2.05. The Hall–Kier alpha value is -2.77. The zero-order valence-electron chi connectivity index (χ0n) is 11.4. The van der Waals surface area contributed by atoms with Crippen LogP contribution in [0.5, 0.6) is 0 Å². The van der Waals surface area contributed by atoms with E-state index in [0.29, 0.717) is 5.82 Å². The van der Waals surface area contributed by atoms with E-state index in [2.05, 4.69) is 20.3 Å². The van der Waals surface area contributed by atoms with E-state index in [0.717, 1.165) is 0 Å². The third-order valence-electron chi connectivity index (χ3n) is 2.58. The largest absolute Gasteiger partial charge is 0.361 e. The first-order valence-corrected chi connectivity index (χ1v) is 5.81. The van der Waals surface area contributed by atoms with Crippen molar-refractivity contribution in [2.24, 2.45) is 7.05 Å². The number of carbonyl (C=O) groups is 1. The topological polar surface area (TPSA) is 93.0 Å². The van der Waals surface area contributed by atoms with Crippen molar-refractivity contribution in [1.82, 2.24) is 19.5 Å². The van der Waals surface area contributed by atoms with Gasteiger partial charge in [-0.1, -0.05) is 0 Å². The molecule has 0 unspecified atom stereocenters. The quantitative estimate of drug-likeness (QED) is 0.839. The number of nitrogens with zero attached hydrogens (tertiary/aromatic N) is 5. The van der Waals surface area contributed by atoms with Crippen LogP contribution in [0.2, 0.25) is 0 Å². The second-order valence-electron chi connectivity index (χ2n) is 4.30. The van der Waals surface area contributed by atoms with Gasteiger partial charge in [0.1, 0.15) is 11.5 Å². The second kappa shape index (κ2) is 5.47. The standard InChI is InChI=1S/C12H14N6O2/c1-17(2)9-7-14-8(6-15-9)11(19)16-10-12(20)18(3)5-4-13-10/h4-7H,1-3H3,(H,13,16,19). The molecule has 0 aliphatic heterocycles. The molecular formula is C12H14N6O2.